The van der Waals surface area contributed by atoms with Crippen molar-refractivity contribution >= 4 is 23.2 Å². The summed E-state index contributed by atoms with van der Waals surface area (Å²) in [6, 6.07) is 6.41. The monoisotopic (exact) mass is 408 g/mol. The number of nitrogens with zero attached hydrogens (tertiary/aromatic N) is 1. The molecule has 0 aliphatic carbocycles. The van der Waals surface area contributed by atoms with Gasteiger partial charge < -0.3 is 25.3 Å². The largest absolute Gasteiger partial charge is 0.358 e. The van der Waals surface area contributed by atoms with Gasteiger partial charge in [-0.15, -0.1) is 0 Å². The summed E-state index contributed by atoms with van der Waals surface area (Å²) in [5.41, 5.74) is 8.24. The summed E-state index contributed by atoms with van der Waals surface area (Å²) >= 11 is 0. The zero-order chi connectivity index (χ0) is 21.4. The fourth-order valence-corrected chi connectivity index (χ4v) is 4.32. The first-order valence-electron chi connectivity index (χ1n) is 10.9. The molecule has 0 saturated carbocycles. The number of carbonyl (C=O) groups excluding carboxylic acids is 1. The number of ether oxygens (including phenoxy) is 1. The lowest BCUT2D eigenvalue weighted by Gasteiger charge is -2.18. The molecule has 6 nitrogen and oxygen atoms in total. The topological polar surface area (TPSA) is 72.7 Å². The third-order valence-electron chi connectivity index (χ3n) is 6.19. The van der Waals surface area contributed by atoms with Gasteiger partial charge in [-0.3, -0.25) is 4.79 Å². The Morgan fingerprint density at radius 1 is 1.23 bits per heavy atom. The maximum Gasteiger partial charge on any atom is 0.253 e. The first-order chi connectivity index (χ1) is 14.4. The van der Waals surface area contributed by atoms with Crippen LogP contribution < -0.4 is 10.6 Å². The number of nitrogens with one attached hydrogen (secondary N) is 3. The van der Waals surface area contributed by atoms with Gasteiger partial charge in [0.2, 0.25) is 0 Å². The number of hydrogen-bond acceptors (Lipinski definition) is 4. The number of fused-ring (bicyclic) bond motifs is 2. The number of aromatic amines is 1. The Hall–Kier alpha value is -2.57. The number of aryl methyl sites for hydroxylation is 2. The van der Waals surface area contributed by atoms with Crippen LogP contribution in [0, 0.1) is 20.8 Å². The van der Waals surface area contributed by atoms with Crippen molar-refractivity contribution in [2.75, 3.05) is 31.5 Å². The predicted molar refractivity (Wildman–Crippen MR) is 122 cm³/mol. The highest BCUT2D eigenvalue weighted by molar-refractivity contribution is 5.99. The highest BCUT2D eigenvalue weighted by Gasteiger charge is 2.46. The van der Waals surface area contributed by atoms with Gasteiger partial charge in [-0.1, -0.05) is 25.5 Å². The zero-order valence-electron chi connectivity index (χ0n) is 18.6. The number of likely N-dealkylation sites (N-methyl/N-ethyl adjacent to an activating group) is 1. The molecule has 1 amide bonds. The van der Waals surface area contributed by atoms with Crippen LogP contribution in [0.5, 0.6) is 0 Å². The summed E-state index contributed by atoms with van der Waals surface area (Å²) in [5, 5.41) is 6.51. The molecule has 1 aromatic heterocycles. The lowest BCUT2D eigenvalue weighted by molar-refractivity contribution is 0.0948. The van der Waals surface area contributed by atoms with Crippen molar-refractivity contribution < 1.29 is 9.53 Å². The maximum absolute atomic E-state index is 12.9. The number of H-pyrrole nitrogens is 1. The fraction of sp³-hybridized carbons (Fsp3) is 0.458. The molecule has 2 aliphatic rings. The fourth-order valence-electron chi connectivity index (χ4n) is 4.32. The lowest BCUT2D eigenvalue weighted by Crippen LogP contribution is -2.35. The molecule has 2 aliphatic heterocycles. The molecule has 2 aromatic rings. The van der Waals surface area contributed by atoms with Crippen LogP contribution in [0.15, 0.2) is 18.2 Å². The molecule has 3 heterocycles. The van der Waals surface area contributed by atoms with E-state index in [1.165, 1.54) is 11.1 Å². The van der Waals surface area contributed by atoms with Gasteiger partial charge >= 0.3 is 0 Å². The maximum atomic E-state index is 12.9. The number of anilines is 1. The van der Waals surface area contributed by atoms with Crippen molar-refractivity contribution in [2.24, 2.45) is 0 Å². The third-order valence-corrected chi connectivity index (χ3v) is 6.19. The van der Waals surface area contributed by atoms with Crippen LogP contribution in [-0.2, 0) is 4.74 Å². The van der Waals surface area contributed by atoms with E-state index < -0.39 is 0 Å². The van der Waals surface area contributed by atoms with Gasteiger partial charge in [0.15, 0.2) is 6.23 Å². The molecule has 4 rings (SSSR count). The highest BCUT2D eigenvalue weighted by atomic mass is 16.6. The average molecular weight is 409 g/mol. The lowest BCUT2D eigenvalue weighted by atomic mass is 9.94. The Balaban J connectivity index is 1.58. The molecule has 1 fully saturated rings. The standard InChI is InChI=1S/C24H32N4O2/c1-6-28(7-2)11-10-25-23(29)21-15(4)20(26-16(21)5)13-18-17-12-14(3)8-9-19(17)27-24-22(18)30-24/h8-9,12-13,22,24,26-27H,6-7,10-11H2,1-5H3,(H,25,29)/b18-13-. The molecular weight excluding hydrogens is 376 g/mol. The van der Waals surface area contributed by atoms with Crippen molar-refractivity contribution in [2.45, 2.75) is 47.0 Å². The normalized spacial score (nSPS) is 20.7. The van der Waals surface area contributed by atoms with Crippen LogP contribution in [0.1, 0.15) is 52.3 Å². The molecule has 0 bridgehead atoms. The van der Waals surface area contributed by atoms with Crippen molar-refractivity contribution in [3.63, 3.8) is 0 Å². The number of aromatic nitrogens is 1. The van der Waals surface area contributed by atoms with E-state index in [0.717, 1.165) is 53.4 Å². The minimum atomic E-state index is -0.0137. The molecule has 6 heteroatoms. The SMILES string of the molecule is CCN(CC)CCNC(=O)c1c(C)[nH]c(/C=C2/c3cc(C)ccc3NC3OC23)c1C. The second-order valence-electron chi connectivity index (χ2n) is 8.22. The summed E-state index contributed by atoms with van der Waals surface area (Å²) in [6.45, 7) is 13.9. The van der Waals surface area contributed by atoms with Crippen LogP contribution in [0.2, 0.25) is 0 Å². The molecule has 1 saturated heterocycles. The van der Waals surface area contributed by atoms with Crippen LogP contribution in [0.25, 0.3) is 11.6 Å². The quantitative estimate of drug-likeness (QED) is 0.611. The summed E-state index contributed by atoms with van der Waals surface area (Å²) in [4.78, 5) is 18.6. The molecule has 0 spiro atoms. The second kappa shape index (κ2) is 8.28. The van der Waals surface area contributed by atoms with E-state index in [2.05, 4.69) is 65.6 Å². The van der Waals surface area contributed by atoms with Gasteiger partial charge in [-0.25, -0.2) is 0 Å². The Bertz CT molecular complexity index is 987. The smallest absolute Gasteiger partial charge is 0.253 e. The van der Waals surface area contributed by atoms with E-state index in [4.69, 9.17) is 4.74 Å². The number of rotatable bonds is 7. The van der Waals surface area contributed by atoms with E-state index in [9.17, 15) is 4.79 Å². The molecule has 2 unspecified atom stereocenters. The van der Waals surface area contributed by atoms with Crippen molar-refractivity contribution in [1.82, 2.24) is 15.2 Å². The highest BCUT2D eigenvalue weighted by Crippen LogP contribution is 2.45. The summed E-state index contributed by atoms with van der Waals surface area (Å²) in [7, 11) is 0. The number of amides is 1. The number of epoxide rings is 1. The summed E-state index contributed by atoms with van der Waals surface area (Å²) < 4.78 is 5.83. The predicted octanol–water partition coefficient (Wildman–Crippen LogP) is 3.70. The van der Waals surface area contributed by atoms with E-state index in [1.54, 1.807) is 0 Å². The molecule has 0 radical (unpaired) electrons. The van der Waals surface area contributed by atoms with Crippen molar-refractivity contribution in [1.29, 1.82) is 0 Å². The number of benzene rings is 1. The minimum absolute atomic E-state index is 0.0137. The Morgan fingerprint density at radius 3 is 2.73 bits per heavy atom. The summed E-state index contributed by atoms with van der Waals surface area (Å²) in [5.74, 6) is -0.0137. The third kappa shape index (κ3) is 3.89. The number of hydrogen-bond donors (Lipinski definition) is 3. The van der Waals surface area contributed by atoms with E-state index in [0.29, 0.717) is 6.54 Å². The van der Waals surface area contributed by atoms with Gasteiger partial charge in [0, 0.05) is 35.7 Å². The first-order valence-corrected chi connectivity index (χ1v) is 10.9. The van der Waals surface area contributed by atoms with E-state index >= 15 is 0 Å². The molecule has 3 N–H and O–H groups in total. The van der Waals surface area contributed by atoms with Crippen LogP contribution >= 0.6 is 0 Å². The van der Waals surface area contributed by atoms with Crippen LogP contribution in [0.4, 0.5) is 5.69 Å². The van der Waals surface area contributed by atoms with Crippen LogP contribution in [-0.4, -0.2) is 54.3 Å². The first kappa shape index (κ1) is 20.7. The average Bonchev–Trinajstić information content (AvgIpc) is 3.44. The zero-order valence-corrected chi connectivity index (χ0v) is 18.6. The second-order valence-corrected chi connectivity index (χ2v) is 8.22. The molecule has 30 heavy (non-hydrogen) atoms. The van der Waals surface area contributed by atoms with Gasteiger partial charge in [0.25, 0.3) is 5.91 Å². The van der Waals surface area contributed by atoms with Gasteiger partial charge in [0.05, 0.1) is 5.56 Å². The Morgan fingerprint density at radius 2 is 2.00 bits per heavy atom. The van der Waals surface area contributed by atoms with Gasteiger partial charge in [-0.2, -0.15) is 0 Å². The van der Waals surface area contributed by atoms with Crippen LogP contribution in [0.3, 0.4) is 0 Å². The molecular formula is C24H32N4O2. The minimum Gasteiger partial charge on any atom is -0.358 e. The molecule has 160 valence electrons. The van der Waals surface area contributed by atoms with Crippen molar-refractivity contribution in [3.8, 4) is 0 Å². The Labute approximate surface area is 178 Å². The van der Waals surface area contributed by atoms with Gasteiger partial charge in [0.1, 0.15) is 6.10 Å². The van der Waals surface area contributed by atoms with E-state index in [-0.39, 0.29) is 18.2 Å². The summed E-state index contributed by atoms with van der Waals surface area (Å²) in [6.07, 6.45) is 2.26. The van der Waals surface area contributed by atoms with Gasteiger partial charge in [-0.05, 0) is 63.2 Å². The molecule has 2 atom stereocenters. The Kier molecular flexibility index (Phi) is 5.71. The molecule has 1 aromatic carbocycles. The number of carbonyl (C=O) groups is 1. The van der Waals surface area contributed by atoms with E-state index in [1.807, 2.05) is 13.8 Å². The van der Waals surface area contributed by atoms with Crippen molar-refractivity contribution in [3.05, 3.63) is 51.8 Å².